The van der Waals surface area contributed by atoms with Crippen LogP contribution in [0.2, 0.25) is 5.02 Å². The van der Waals surface area contributed by atoms with Crippen molar-refractivity contribution < 1.29 is 22.7 Å². The number of rotatable bonds is 8. The lowest BCUT2D eigenvalue weighted by Crippen LogP contribution is -2.38. The number of aromatic nitrogens is 1. The van der Waals surface area contributed by atoms with Crippen molar-refractivity contribution in [3.8, 4) is 5.75 Å². The van der Waals surface area contributed by atoms with Gasteiger partial charge >= 0.3 is 0 Å². The third kappa shape index (κ3) is 5.23. The zero-order valence-electron chi connectivity index (χ0n) is 17.5. The summed E-state index contributed by atoms with van der Waals surface area (Å²) in [6, 6.07) is 11.5. The SMILES string of the molecule is COc1ccc2sc(N(CC3CCCO3)C(=O)CCS(=O)(=O)c3ccc(Cl)cc3)nc2c1. The van der Waals surface area contributed by atoms with Gasteiger partial charge in [-0.3, -0.25) is 9.69 Å². The number of methoxy groups -OCH3 is 1. The quantitative estimate of drug-likeness (QED) is 0.463. The van der Waals surface area contributed by atoms with Gasteiger partial charge < -0.3 is 9.47 Å². The minimum atomic E-state index is -3.62. The molecule has 4 rings (SSSR count). The molecular weight excluding hydrogens is 472 g/mol. The normalized spacial score (nSPS) is 16.4. The number of anilines is 1. The fraction of sp³-hybridized carbons (Fsp3) is 0.364. The highest BCUT2D eigenvalue weighted by molar-refractivity contribution is 7.91. The number of ether oxygens (including phenoxy) is 2. The Labute approximate surface area is 195 Å². The largest absolute Gasteiger partial charge is 0.497 e. The number of sulfone groups is 1. The first-order valence-corrected chi connectivity index (χ1v) is 13.1. The number of fused-ring (bicyclic) bond motifs is 1. The maximum atomic E-state index is 13.2. The first kappa shape index (κ1) is 23.0. The second kappa shape index (κ2) is 9.74. The molecule has 1 aliphatic rings. The van der Waals surface area contributed by atoms with E-state index in [0.29, 0.717) is 29.1 Å². The molecule has 0 bridgehead atoms. The molecule has 0 radical (unpaired) electrons. The summed E-state index contributed by atoms with van der Waals surface area (Å²) in [7, 11) is -2.03. The summed E-state index contributed by atoms with van der Waals surface area (Å²) < 4.78 is 37.3. The van der Waals surface area contributed by atoms with E-state index in [1.807, 2.05) is 18.2 Å². The summed E-state index contributed by atoms with van der Waals surface area (Å²) in [5, 5.41) is 0.980. The summed E-state index contributed by atoms with van der Waals surface area (Å²) in [6.07, 6.45) is 1.55. The molecule has 32 heavy (non-hydrogen) atoms. The average molecular weight is 495 g/mol. The van der Waals surface area contributed by atoms with Crippen molar-refractivity contribution >= 4 is 54.0 Å². The number of halogens is 1. The average Bonchev–Trinajstić information content (AvgIpc) is 3.45. The lowest BCUT2D eigenvalue weighted by atomic mass is 10.2. The van der Waals surface area contributed by atoms with E-state index in [1.165, 1.54) is 35.6 Å². The van der Waals surface area contributed by atoms with E-state index in [9.17, 15) is 13.2 Å². The van der Waals surface area contributed by atoms with Crippen LogP contribution in [0.25, 0.3) is 10.2 Å². The number of amides is 1. The highest BCUT2D eigenvalue weighted by atomic mass is 35.5. The molecule has 1 unspecified atom stereocenters. The van der Waals surface area contributed by atoms with E-state index in [0.717, 1.165) is 23.1 Å². The van der Waals surface area contributed by atoms with E-state index in [2.05, 4.69) is 4.98 Å². The summed E-state index contributed by atoms with van der Waals surface area (Å²) in [5.41, 5.74) is 0.725. The van der Waals surface area contributed by atoms with Crippen molar-refractivity contribution in [2.45, 2.75) is 30.3 Å². The molecule has 170 valence electrons. The number of nitrogens with zero attached hydrogens (tertiary/aromatic N) is 2. The van der Waals surface area contributed by atoms with Crippen molar-refractivity contribution in [3.63, 3.8) is 0 Å². The predicted octanol–water partition coefficient (Wildman–Crippen LogP) is 4.33. The summed E-state index contributed by atoms with van der Waals surface area (Å²) >= 11 is 7.24. The minimum Gasteiger partial charge on any atom is -0.497 e. The summed E-state index contributed by atoms with van der Waals surface area (Å²) in [5.74, 6) is 0.0817. The van der Waals surface area contributed by atoms with Crippen LogP contribution in [0.1, 0.15) is 19.3 Å². The Morgan fingerprint density at radius 3 is 2.75 bits per heavy atom. The van der Waals surface area contributed by atoms with Gasteiger partial charge in [0.25, 0.3) is 0 Å². The van der Waals surface area contributed by atoms with Crippen LogP contribution < -0.4 is 9.64 Å². The molecular formula is C22H23ClN2O5S2. The molecule has 0 aliphatic carbocycles. The van der Waals surface area contributed by atoms with E-state index < -0.39 is 9.84 Å². The van der Waals surface area contributed by atoms with Gasteiger partial charge in [0.1, 0.15) is 5.75 Å². The Hall–Kier alpha value is -2.20. The van der Waals surface area contributed by atoms with Gasteiger partial charge in [0.05, 0.1) is 40.6 Å². The van der Waals surface area contributed by atoms with E-state index in [-0.39, 0.29) is 29.1 Å². The first-order chi connectivity index (χ1) is 15.4. The molecule has 0 N–H and O–H groups in total. The Balaban J connectivity index is 1.55. The van der Waals surface area contributed by atoms with Crippen molar-refractivity contribution in [2.24, 2.45) is 0 Å². The van der Waals surface area contributed by atoms with Crippen LogP contribution in [0, 0.1) is 0 Å². The second-order valence-electron chi connectivity index (χ2n) is 7.49. The van der Waals surface area contributed by atoms with E-state index in [4.69, 9.17) is 21.1 Å². The molecule has 1 amide bonds. The Kier molecular flexibility index (Phi) is 6.99. The number of hydrogen-bond donors (Lipinski definition) is 0. The van der Waals surface area contributed by atoms with Crippen LogP contribution in [0.4, 0.5) is 5.13 Å². The van der Waals surface area contributed by atoms with Crippen LogP contribution in [-0.2, 0) is 19.4 Å². The van der Waals surface area contributed by atoms with Gasteiger partial charge in [-0.25, -0.2) is 13.4 Å². The van der Waals surface area contributed by atoms with Gasteiger partial charge in [-0.15, -0.1) is 0 Å². The number of hydrogen-bond acceptors (Lipinski definition) is 7. The second-order valence-corrected chi connectivity index (χ2v) is 11.0. The third-order valence-electron chi connectivity index (χ3n) is 5.28. The van der Waals surface area contributed by atoms with Gasteiger partial charge in [0.15, 0.2) is 15.0 Å². The van der Waals surface area contributed by atoms with Gasteiger partial charge in [-0.2, -0.15) is 0 Å². The fourth-order valence-electron chi connectivity index (χ4n) is 3.53. The molecule has 1 saturated heterocycles. The van der Waals surface area contributed by atoms with Crippen molar-refractivity contribution in [1.82, 2.24) is 4.98 Å². The molecule has 0 saturated carbocycles. The smallest absolute Gasteiger partial charge is 0.229 e. The van der Waals surface area contributed by atoms with Crippen LogP contribution in [-0.4, -0.2) is 51.4 Å². The molecule has 10 heteroatoms. The maximum absolute atomic E-state index is 13.2. The summed E-state index contributed by atoms with van der Waals surface area (Å²) in [6.45, 7) is 1.01. The maximum Gasteiger partial charge on any atom is 0.229 e. The highest BCUT2D eigenvalue weighted by Gasteiger charge is 2.27. The topological polar surface area (TPSA) is 85.8 Å². The molecule has 1 aliphatic heterocycles. The highest BCUT2D eigenvalue weighted by Crippen LogP contribution is 2.32. The monoisotopic (exact) mass is 494 g/mol. The van der Waals surface area contributed by atoms with Crippen LogP contribution in [0.3, 0.4) is 0 Å². The lowest BCUT2D eigenvalue weighted by molar-refractivity contribution is -0.118. The van der Waals surface area contributed by atoms with Gasteiger partial charge in [-0.1, -0.05) is 22.9 Å². The number of carbonyl (C=O) groups is 1. The Morgan fingerprint density at radius 2 is 2.06 bits per heavy atom. The molecule has 1 atom stereocenters. The number of benzene rings is 2. The Bertz CT molecular complexity index is 1200. The molecule has 0 spiro atoms. The van der Waals surface area contributed by atoms with Crippen molar-refractivity contribution in [1.29, 1.82) is 0 Å². The standard InChI is InChI=1S/C22H23ClN2O5S2/c1-29-16-6-9-20-19(13-16)24-22(31-20)25(14-17-3-2-11-30-17)21(26)10-12-32(27,28)18-7-4-15(23)5-8-18/h4-9,13,17H,2-3,10-12,14H2,1H3. The first-order valence-electron chi connectivity index (χ1n) is 10.2. The third-order valence-corrected chi connectivity index (χ3v) is 8.33. The van der Waals surface area contributed by atoms with Crippen LogP contribution in [0.5, 0.6) is 5.75 Å². The van der Waals surface area contributed by atoms with Gasteiger partial charge in [0.2, 0.25) is 5.91 Å². The number of thiazole rings is 1. The zero-order chi connectivity index (χ0) is 22.7. The lowest BCUT2D eigenvalue weighted by Gasteiger charge is -2.23. The number of carbonyl (C=O) groups excluding carboxylic acids is 1. The summed E-state index contributed by atoms with van der Waals surface area (Å²) in [4.78, 5) is 19.5. The molecule has 3 aromatic rings. The van der Waals surface area contributed by atoms with Crippen molar-refractivity contribution in [2.75, 3.05) is 30.9 Å². The van der Waals surface area contributed by atoms with Crippen LogP contribution in [0.15, 0.2) is 47.4 Å². The molecule has 2 heterocycles. The fourth-order valence-corrected chi connectivity index (χ4v) is 5.86. The van der Waals surface area contributed by atoms with Crippen LogP contribution >= 0.6 is 22.9 Å². The molecule has 2 aromatic carbocycles. The molecule has 1 fully saturated rings. The molecule has 7 nitrogen and oxygen atoms in total. The van der Waals surface area contributed by atoms with Gasteiger partial charge in [0, 0.05) is 24.1 Å². The zero-order valence-corrected chi connectivity index (χ0v) is 19.9. The van der Waals surface area contributed by atoms with E-state index in [1.54, 1.807) is 12.0 Å². The molecule has 1 aromatic heterocycles. The van der Waals surface area contributed by atoms with Crippen molar-refractivity contribution in [3.05, 3.63) is 47.5 Å². The minimum absolute atomic E-state index is 0.0895. The van der Waals surface area contributed by atoms with E-state index >= 15 is 0 Å². The van der Waals surface area contributed by atoms with Gasteiger partial charge in [-0.05, 0) is 49.2 Å². The predicted molar refractivity (Wildman–Crippen MR) is 126 cm³/mol. The Morgan fingerprint density at radius 1 is 1.28 bits per heavy atom.